The number of nitrogens with one attached hydrogen (secondary N) is 2. The minimum Gasteiger partial charge on any atom is -0.356 e. The summed E-state index contributed by atoms with van der Waals surface area (Å²) in [6, 6.07) is 8.13. The predicted octanol–water partition coefficient (Wildman–Crippen LogP) is 3.73. The van der Waals surface area contributed by atoms with Crippen LogP contribution in [0.25, 0.3) is 21.3 Å². The van der Waals surface area contributed by atoms with Crippen LogP contribution in [0.3, 0.4) is 0 Å². The van der Waals surface area contributed by atoms with Gasteiger partial charge in [0.05, 0.1) is 11.8 Å². The summed E-state index contributed by atoms with van der Waals surface area (Å²) < 4.78 is 0. The lowest BCUT2D eigenvalue weighted by Gasteiger charge is -2.05. The van der Waals surface area contributed by atoms with Crippen molar-refractivity contribution >= 4 is 27.5 Å². The molecule has 0 bridgehead atoms. The number of fused-ring (bicyclic) bond motifs is 1. The van der Waals surface area contributed by atoms with Crippen LogP contribution in [-0.4, -0.2) is 22.4 Å². The fourth-order valence-electron chi connectivity index (χ4n) is 2.93. The number of amides is 1. The summed E-state index contributed by atoms with van der Waals surface area (Å²) in [4.78, 5) is 33.7. The van der Waals surface area contributed by atoms with Crippen molar-refractivity contribution in [3.8, 4) is 11.1 Å². The highest BCUT2D eigenvalue weighted by Gasteiger charge is 2.17. The molecule has 2 heterocycles. The molecule has 0 unspecified atom stereocenters. The molecule has 5 nitrogen and oxygen atoms in total. The maximum absolute atomic E-state index is 12.7. The van der Waals surface area contributed by atoms with E-state index < -0.39 is 0 Å². The summed E-state index contributed by atoms with van der Waals surface area (Å²) in [5.74, 6) is 0.293. The number of hydrogen-bond acceptors (Lipinski definition) is 4. The molecule has 2 N–H and O–H groups in total. The first-order valence-corrected chi connectivity index (χ1v) is 9.67. The van der Waals surface area contributed by atoms with Crippen molar-refractivity contribution in [3.05, 3.63) is 50.9 Å². The maximum atomic E-state index is 12.7. The summed E-state index contributed by atoms with van der Waals surface area (Å²) in [6.07, 6.45) is 2.06. The van der Waals surface area contributed by atoms with Crippen LogP contribution in [0.5, 0.6) is 0 Å². The van der Waals surface area contributed by atoms with Crippen molar-refractivity contribution in [3.63, 3.8) is 0 Å². The fraction of sp³-hybridized carbons (Fsp3) is 0.350. The molecule has 1 aromatic carbocycles. The molecular formula is C20H23N3O2S. The smallest absolute Gasteiger partial charge is 0.260 e. The zero-order valence-electron chi connectivity index (χ0n) is 15.3. The fourth-order valence-corrected chi connectivity index (χ4v) is 4.00. The van der Waals surface area contributed by atoms with Crippen LogP contribution in [0.1, 0.15) is 36.0 Å². The second kappa shape index (κ2) is 7.83. The van der Waals surface area contributed by atoms with E-state index in [-0.39, 0.29) is 17.9 Å². The minimum absolute atomic E-state index is 0.0890. The van der Waals surface area contributed by atoms with E-state index in [1.807, 2.05) is 38.1 Å². The van der Waals surface area contributed by atoms with Gasteiger partial charge in [0.15, 0.2) is 0 Å². The van der Waals surface area contributed by atoms with Gasteiger partial charge < -0.3 is 10.3 Å². The van der Waals surface area contributed by atoms with Crippen molar-refractivity contribution in [2.45, 2.75) is 40.0 Å². The second-order valence-corrected chi connectivity index (χ2v) is 7.68. The summed E-state index contributed by atoms with van der Waals surface area (Å²) in [6.45, 7) is 6.76. The first kappa shape index (κ1) is 18.3. The Labute approximate surface area is 156 Å². The van der Waals surface area contributed by atoms with Crippen molar-refractivity contribution in [2.75, 3.05) is 6.54 Å². The van der Waals surface area contributed by atoms with Gasteiger partial charge in [0.2, 0.25) is 5.91 Å². The van der Waals surface area contributed by atoms with Crippen LogP contribution in [0, 0.1) is 13.8 Å². The lowest BCUT2D eigenvalue weighted by molar-refractivity contribution is -0.120. The van der Waals surface area contributed by atoms with Crippen molar-refractivity contribution in [1.29, 1.82) is 0 Å². The Morgan fingerprint density at radius 1 is 1.23 bits per heavy atom. The second-order valence-electron chi connectivity index (χ2n) is 6.47. The molecule has 0 saturated carbocycles. The van der Waals surface area contributed by atoms with Gasteiger partial charge in [-0.05, 0) is 25.8 Å². The highest BCUT2D eigenvalue weighted by molar-refractivity contribution is 7.19. The van der Waals surface area contributed by atoms with Gasteiger partial charge in [-0.25, -0.2) is 4.98 Å². The lowest BCUT2D eigenvalue weighted by atomic mass is 10.0. The summed E-state index contributed by atoms with van der Waals surface area (Å²) >= 11 is 1.49. The Morgan fingerprint density at radius 3 is 2.65 bits per heavy atom. The number of rotatable bonds is 6. The van der Waals surface area contributed by atoms with Crippen LogP contribution in [0.15, 0.2) is 29.1 Å². The molecule has 0 radical (unpaired) electrons. The first-order chi connectivity index (χ1) is 12.5. The molecule has 3 rings (SSSR count). The Balaban J connectivity index is 1.94. The number of carbonyl (C=O) groups is 1. The van der Waals surface area contributed by atoms with Crippen LogP contribution in [0.4, 0.5) is 0 Å². The molecular weight excluding hydrogens is 346 g/mol. The number of nitrogens with zero attached hydrogens (tertiary/aromatic N) is 1. The quantitative estimate of drug-likeness (QED) is 0.650. The number of H-pyrrole nitrogens is 1. The molecule has 1 amide bonds. The van der Waals surface area contributed by atoms with E-state index in [1.54, 1.807) is 0 Å². The molecule has 0 fully saturated rings. The molecule has 136 valence electrons. The van der Waals surface area contributed by atoms with E-state index in [0.29, 0.717) is 22.6 Å². The minimum atomic E-state index is -0.189. The number of unbranched alkanes of at least 4 members (excludes halogenated alkanes) is 1. The molecule has 6 heteroatoms. The van der Waals surface area contributed by atoms with Gasteiger partial charge in [0.1, 0.15) is 10.7 Å². The number of aromatic amines is 1. The van der Waals surface area contributed by atoms with E-state index in [4.69, 9.17) is 0 Å². The van der Waals surface area contributed by atoms with E-state index in [2.05, 4.69) is 22.2 Å². The third kappa shape index (κ3) is 3.85. The van der Waals surface area contributed by atoms with Gasteiger partial charge in [-0.3, -0.25) is 9.59 Å². The molecule has 0 atom stereocenters. The summed E-state index contributed by atoms with van der Waals surface area (Å²) in [5, 5.41) is 3.45. The normalized spacial score (nSPS) is 11.0. The SMILES string of the molecule is CCCCNC(=O)Cc1nc2sc(C)c(-c3ccc(C)cc3)c2c(=O)[nH]1. The molecule has 2 aromatic heterocycles. The monoisotopic (exact) mass is 369 g/mol. The van der Waals surface area contributed by atoms with Gasteiger partial charge in [0.25, 0.3) is 5.56 Å². The molecule has 26 heavy (non-hydrogen) atoms. The summed E-state index contributed by atoms with van der Waals surface area (Å²) in [5.41, 5.74) is 2.93. The molecule has 0 aliphatic rings. The van der Waals surface area contributed by atoms with E-state index in [9.17, 15) is 9.59 Å². The molecule has 0 saturated heterocycles. The van der Waals surface area contributed by atoms with Crippen molar-refractivity contribution in [2.24, 2.45) is 0 Å². The Kier molecular flexibility index (Phi) is 5.52. The zero-order chi connectivity index (χ0) is 18.7. The standard InChI is InChI=1S/C20H23N3O2S/c1-4-5-10-21-16(24)11-15-22-19(25)18-17(13(3)26-20(18)23-15)14-8-6-12(2)7-9-14/h6-9H,4-5,10-11H2,1-3H3,(H,21,24)(H,22,23,25). The van der Waals surface area contributed by atoms with Gasteiger partial charge in [-0.1, -0.05) is 43.2 Å². The predicted molar refractivity (Wildman–Crippen MR) is 107 cm³/mol. The third-order valence-electron chi connectivity index (χ3n) is 4.31. The highest BCUT2D eigenvalue weighted by Crippen LogP contribution is 2.35. The van der Waals surface area contributed by atoms with Crippen molar-refractivity contribution in [1.82, 2.24) is 15.3 Å². The highest BCUT2D eigenvalue weighted by atomic mass is 32.1. The van der Waals surface area contributed by atoms with Gasteiger partial charge >= 0.3 is 0 Å². The van der Waals surface area contributed by atoms with Crippen LogP contribution in [-0.2, 0) is 11.2 Å². The van der Waals surface area contributed by atoms with E-state index >= 15 is 0 Å². The van der Waals surface area contributed by atoms with Crippen LogP contribution in [0.2, 0.25) is 0 Å². The number of carbonyl (C=O) groups excluding carboxylic acids is 1. The molecule has 0 aliphatic heterocycles. The third-order valence-corrected chi connectivity index (χ3v) is 5.31. The van der Waals surface area contributed by atoms with E-state index in [0.717, 1.165) is 28.8 Å². The van der Waals surface area contributed by atoms with Crippen LogP contribution >= 0.6 is 11.3 Å². The molecule has 0 aliphatic carbocycles. The summed E-state index contributed by atoms with van der Waals surface area (Å²) in [7, 11) is 0. The number of aryl methyl sites for hydroxylation is 2. The van der Waals surface area contributed by atoms with Gasteiger partial charge in [-0.2, -0.15) is 0 Å². The van der Waals surface area contributed by atoms with Gasteiger partial charge in [0, 0.05) is 17.0 Å². The number of hydrogen-bond donors (Lipinski definition) is 2. The largest absolute Gasteiger partial charge is 0.356 e. The number of aromatic nitrogens is 2. The van der Waals surface area contributed by atoms with Crippen molar-refractivity contribution < 1.29 is 4.79 Å². The number of thiophene rings is 1. The Morgan fingerprint density at radius 2 is 1.96 bits per heavy atom. The number of benzene rings is 1. The van der Waals surface area contributed by atoms with Gasteiger partial charge in [-0.15, -0.1) is 11.3 Å². The van der Waals surface area contributed by atoms with E-state index in [1.165, 1.54) is 16.9 Å². The first-order valence-electron chi connectivity index (χ1n) is 8.85. The average Bonchev–Trinajstić information content (AvgIpc) is 2.92. The maximum Gasteiger partial charge on any atom is 0.260 e. The molecule has 3 aromatic rings. The Hall–Kier alpha value is -2.47. The lowest BCUT2D eigenvalue weighted by Crippen LogP contribution is -2.27. The topological polar surface area (TPSA) is 74.8 Å². The zero-order valence-corrected chi connectivity index (χ0v) is 16.1. The molecule has 0 spiro atoms. The Bertz CT molecular complexity index is 987. The average molecular weight is 369 g/mol. The van der Waals surface area contributed by atoms with Crippen LogP contribution < -0.4 is 10.9 Å².